The lowest BCUT2D eigenvalue weighted by Gasteiger charge is -2.16. The van der Waals surface area contributed by atoms with E-state index in [0.29, 0.717) is 6.54 Å². The van der Waals surface area contributed by atoms with Gasteiger partial charge in [-0.15, -0.1) is 0 Å². The van der Waals surface area contributed by atoms with Crippen molar-refractivity contribution in [2.45, 2.75) is 12.2 Å². The lowest BCUT2D eigenvalue weighted by molar-refractivity contribution is -0.137. The molecule has 2 N–H and O–H groups in total. The van der Waals surface area contributed by atoms with Crippen LogP contribution in [0.25, 0.3) is 11.3 Å². The van der Waals surface area contributed by atoms with Crippen LogP contribution in [0, 0.1) is 0 Å². The van der Waals surface area contributed by atoms with E-state index in [4.69, 9.17) is 0 Å². The number of fused-ring (bicyclic) bond motifs is 3. The lowest BCUT2D eigenvalue weighted by atomic mass is 10.0. The number of imidazole rings is 1. The molecule has 1 aliphatic heterocycles. The van der Waals surface area contributed by atoms with Gasteiger partial charge in [0.1, 0.15) is 0 Å². The Labute approximate surface area is 152 Å². The van der Waals surface area contributed by atoms with Crippen molar-refractivity contribution in [3.63, 3.8) is 0 Å². The minimum Gasteiger partial charge on any atom is -0.335 e. The fourth-order valence-corrected chi connectivity index (χ4v) is 3.25. The maximum Gasteiger partial charge on any atom is 0.416 e. The maximum atomic E-state index is 12.6. The summed E-state index contributed by atoms with van der Waals surface area (Å²) in [5.41, 5.74) is 2.68. The Balaban J connectivity index is 1.42. The normalized spacial score (nSPS) is 15.1. The summed E-state index contributed by atoms with van der Waals surface area (Å²) in [4.78, 5) is 16.3. The molecule has 2 heterocycles. The van der Waals surface area contributed by atoms with Gasteiger partial charge in [-0.25, -0.2) is 9.78 Å². The van der Waals surface area contributed by atoms with Gasteiger partial charge in [-0.3, -0.25) is 0 Å². The van der Waals surface area contributed by atoms with Crippen molar-refractivity contribution in [1.82, 2.24) is 14.9 Å². The predicted octanol–water partition coefficient (Wildman–Crippen LogP) is 4.29. The quantitative estimate of drug-likeness (QED) is 0.720. The molecule has 0 fully saturated rings. The molecule has 5 nitrogen and oxygen atoms in total. The van der Waals surface area contributed by atoms with E-state index in [-0.39, 0.29) is 11.7 Å². The summed E-state index contributed by atoms with van der Waals surface area (Å²) >= 11 is 0. The fourth-order valence-electron chi connectivity index (χ4n) is 3.25. The van der Waals surface area contributed by atoms with Crippen molar-refractivity contribution in [3.05, 3.63) is 72.2 Å². The van der Waals surface area contributed by atoms with Crippen molar-refractivity contribution in [2.24, 2.45) is 0 Å². The number of halogens is 3. The second-order valence-electron chi connectivity index (χ2n) is 6.20. The van der Waals surface area contributed by atoms with Crippen LogP contribution in [-0.4, -0.2) is 22.1 Å². The van der Waals surface area contributed by atoms with Crippen LogP contribution in [0.1, 0.15) is 17.2 Å². The number of nitrogens with one attached hydrogen (secondary N) is 2. The summed E-state index contributed by atoms with van der Waals surface area (Å²) < 4.78 is 39.7. The number of alkyl halides is 3. The second-order valence-corrected chi connectivity index (χ2v) is 6.20. The van der Waals surface area contributed by atoms with Gasteiger partial charge in [0.15, 0.2) is 0 Å². The van der Waals surface area contributed by atoms with Crippen LogP contribution in [0.2, 0.25) is 0 Å². The van der Waals surface area contributed by atoms with Crippen LogP contribution in [0.4, 0.5) is 23.7 Å². The average molecular weight is 372 g/mol. The zero-order valence-corrected chi connectivity index (χ0v) is 14.0. The van der Waals surface area contributed by atoms with Crippen molar-refractivity contribution >= 4 is 11.7 Å². The highest BCUT2D eigenvalue weighted by Crippen LogP contribution is 2.38. The predicted molar refractivity (Wildman–Crippen MR) is 94.3 cm³/mol. The number of benzene rings is 2. The van der Waals surface area contributed by atoms with E-state index in [1.165, 1.54) is 12.1 Å². The molecular formula is C19H15F3N4O. The minimum absolute atomic E-state index is 0.0861. The smallest absolute Gasteiger partial charge is 0.335 e. The Kier molecular flexibility index (Phi) is 4.10. The topological polar surface area (TPSA) is 59.0 Å². The number of hydrogen-bond donors (Lipinski definition) is 2. The maximum absolute atomic E-state index is 12.6. The molecule has 0 saturated heterocycles. The van der Waals surface area contributed by atoms with Crippen molar-refractivity contribution in [2.75, 3.05) is 11.9 Å². The number of carbonyl (C=O) groups excluding carboxylic acids is 1. The Bertz CT molecular complexity index is 979. The first-order valence-electron chi connectivity index (χ1n) is 8.27. The molecule has 0 saturated carbocycles. The van der Waals surface area contributed by atoms with Crippen LogP contribution in [0.5, 0.6) is 0 Å². The minimum atomic E-state index is -4.40. The largest absolute Gasteiger partial charge is 0.416 e. The third-order valence-electron chi connectivity index (χ3n) is 4.52. The summed E-state index contributed by atoms with van der Waals surface area (Å²) in [5, 5.41) is 5.31. The Hall–Kier alpha value is -3.29. The molecule has 0 bridgehead atoms. The monoisotopic (exact) mass is 372 g/mol. The number of amides is 2. The molecule has 2 amide bonds. The van der Waals surface area contributed by atoms with Crippen LogP contribution < -0.4 is 10.6 Å². The van der Waals surface area contributed by atoms with Crippen LogP contribution in [0.15, 0.2) is 61.1 Å². The van der Waals surface area contributed by atoms with Gasteiger partial charge in [0.2, 0.25) is 0 Å². The van der Waals surface area contributed by atoms with E-state index >= 15 is 0 Å². The van der Waals surface area contributed by atoms with Gasteiger partial charge in [-0.1, -0.05) is 24.3 Å². The molecule has 0 radical (unpaired) electrons. The highest BCUT2D eigenvalue weighted by molar-refractivity contribution is 5.89. The van der Waals surface area contributed by atoms with E-state index in [2.05, 4.69) is 15.6 Å². The first kappa shape index (κ1) is 17.1. The van der Waals surface area contributed by atoms with Gasteiger partial charge < -0.3 is 15.2 Å². The molecule has 1 aromatic heterocycles. The molecular weight excluding hydrogens is 357 g/mol. The third kappa shape index (κ3) is 3.25. The molecule has 27 heavy (non-hydrogen) atoms. The number of hydrogen-bond acceptors (Lipinski definition) is 2. The van der Waals surface area contributed by atoms with E-state index in [1.54, 1.807) is 12.5 Å². The van der Waals surface area contributed by atoms with Crippen LogP contribution >= 0.6 is 0 Å². The molecule has 3 aromatic rings. The molecule has 2 aromatic carbocycles. The second kappa shape index (κ2) is 6.46. The van der Waals surface area contributed by atoms with Crippen molar-refractivity contribution < 1.29 is 18.0 Å². The van der Waals surface area contributed by atoms with Gasteiger partial charge in [0.05, 0.1) is 29.8 Å². The molecule has 1 aliphatic rings. The molecule has 4 rings (SSSR count). The molecule has 8 heteroatoms. The average Bonchev–Trinajstić information content (AvgIpc) is 3.21. The van der Waals surface area contributed by atoms with Gasteiger partial charge in [-0.2, -0.15) is 13.2 Å². The van der Waals surface area contributed by atoms with E-state index in [9.17, 15) is 18.0 Å². The first-order valence-corrected chi connectivity index (χ1v) is 8.27. The summed E-state index contributed by atoms with van der Waals surface area (Å²) in [6.07, 6.45) is -0.907. The number of nitrogens with zero attached hydrogens (tertiary/aromatic N) is 2. The number of rotatable bonds is 3. The van der Waals surface area contributed by atoms with Gasteiger partial charge in [-0.05, 0) is 29.8 Å². The van der Waals surface area contributed by atoms with E-state index in [1.807, 2.05) is 28.8 Å². The zero-order chi connectivity index (χ0) is 19.0. The SMILES string of the molecule is O=C(NCC1c2ccccc2-c2cncn21)Nc1ccc(C(F)(F)F)cc1. The Morgan fingerprint density at radius 3 is 2.59 bits per heavy atom. The van der Waals surface area contributed by atoms with Crippen molar-refractivity contribution in [1.29, 1.82) is 0 Å². The first-order chi connectivity index (χ1) is 12.9. The van der Waals surface area contributed by atoms with Gasteiger partial charge in [0.25, 0.3) is 0 Å². The Morgan fingerprint density at radius 2 is 1.85 bits per heavy atom. The zero-order valence-electron chi connectivity index (χ0n) is 14.0. The molecule has 1 atom stereocenters. The molecule has 0 spiro atoms. The number of carbonyl (C=O) groups is 1. The highest BCUT2D eigenvalue weighted by Gasteiger charge is 2.30. The fraction of sp³-hybridized carbons (Fsp3) is 0.158. The highest BCUT2D eigenvalue weighted by atomic mass is 19.4. The number of anilines is 1. The summed E-state index contributed by atoms with van der Waals surface area (Å²) in [7, 11) is 0. The van der Waals surface area contributed by atoms with E-state index < -0.39 is 17.8 Å². The summed E-state index contributed by atoms with van der Waals surface area (Å²) in [5.74, 6) is 0. The number of aromatic nitrogens is 2. The van der Waals surface area contributed by atoms with Gasteiger partial charge in [0, 0.05) is 17.8 Å². The van der Waals surface area contributed by atoms with Gasteiger partial charge >= 0.3 is 12.2 Å². The standard InChI is InChI=1S/C19H15F3N4O/c20-19(21,22)12-5-7-13(8-6-12)25-18(27)24-10-17-15-4-2-1-3-14(15)16-9-23-11-26(16)17/h1-9,11,17H,10H2,(H2,24,25,27). The Morgan fingerprint density at radius 1 is 1.11 bits per heavy atom. The molecule has 1 unspecified atom stereocenters. The summed E-state index contributed by atoms with van der Waals surface area (Å²) in [6, 6.07) is 11.6. The third-order valence-corrected chi connectivity index (χ3v) is 4.52. The van der Waals surface area contributed by atoms with Crippen molar-refractivity contribution in [3.8, 4) is 11.3 Å². The molecule has 0 aliphatic carbocycles. The summed E-state index contributed by atoms with van der Waals surface area (Å²) in [6.45, 7) is 0.326. The van der Waals surface area contributed by atoms with E-state index in [0.717, 1.165) is 29.0 Å². The van der Waals surface area contributed by atoms with Crippen LogP contribution in [0.3, 0.4) is 0 Å². The lowest BCUT2D eigenvalue weighted by Crippen LogP contribution is -2.33. The molecule has 138 valence electrons. The van der Waals surface area contributed by atoms with Crippen LogP contribution in [-0.2, 0) is 6.18 Å². The number of urea groups is 1.